The average molecular weight is 819 g/mol. The van der Waals surface area contributed by atoms with Gasteiger partial charge in [0.2, 0.25) is 0 Å². The second kappa shape index (κ2) is 50.0. The standard InChI is InChI=1S/C53H102O5/c1-4-7-10-13-16-19-22-24-26-28-30-33-36-39-42-45-48-56-49-51(58-53(55)47-44-41-38-35-31-21-18-15-12-9-6-3)50-57-52(54)46-43-40-37-34-32-29-27-25-23-20-17-14-11-8-5-2/h25,27,51H,4-24,26,28-50H2,1-3H3/b27-25-/t51-/m1/s1. The molecule has 0 bridgehead atoms. The summed E-state index contributed by atoms with van der Waals surface area (Å²) in [7, 11) is 0. The molecule has 0 aromatic rings. The maximum absolute atomic E-state index is 12.8. The summed E-state index contributed by atoms with van der Waals surface area (Å²) in [6.45, 7) is 7.87. The molecule has 0 rings (SSSR count). The zero-order valence-corrected chi connectivity index (χ0v) is 39.6. The predicted octanol–water partition coefficient (Wildman–Crippen LogP) is 17.5. The Labute approximate surface area is 363 Å². The van der Waals surface area contributed by atoms with Gasteiger partial charge in [-0.05, 0) is 44.9 Å². The van der Waals surface area contributed by atoms with Crippen molar-refractivity contribution in [2.45, 2.75) is 297 Å². The van der Waals surface area contributed by atoms with Crippen molar-refractivity contribution in [3.63, 3.8) is 0 Å². The van der Waals surface area contributed by atoms with Crippen LogP contribution in [-0.4, -0.2) is 37.9 Å². The molecule has 0 aromatic carbocycles. The molecule has 0 amide bonds. The SMILES string of the molecule is CCCCCCCC/C=C\CCCCCCCC(=O)OC[C@@H](COCCCCCCCCCCCCCCCCCC)OC(=O)CCCCCCCCCCCCC. The molecule has 344 valence electrons. The number of carbonyl (C=O) groups is 2. The maximum Gasteiger partial charge on any atom is 0.306 e. The van der Waals surface area contributed by atoms with E-state index in [9.17, 15) is 9.59 Å². The summed E-state index contributed by atoms with van der Waals surface area (Å²) in [5.41, 5.74) is 0. The quantitative estimate of drug-likeness (QED) is 0.0348. The number of allylic oxidation sites excluding steroid dienone is 2. The van der Waals surface area contributed by atoms with Crippen LogP contribution in [0.15, 0.2) is 12.2 Å². The van der Waals surface area contributed by atoms with Gasteiger partial charge in [-0.25, -0.2) is 0 Å². The largest absolute Gasteiger partial charge is 0.462 e. The number of hydrogen-bond acceptors (Lipinski definition) is 5. The molecule has 1 atom stereocenters. The Kier molecular flexibility index (Phi) is 48.8. The number of hydrogen-bond donors (Lipinski definition) is 0. The second-order valence-corrected chi connectivity index (χ2v) is 17.8. The van der Waals surface area contributed by atoms with Crippen LogP contribution in [0, 0.1) is 0 Å². The molecule has 0 unspecified atom stereocenters. The van der Waals surface area contributed by atoms with E-state index in [0.717, 1.165) is 38.5 Å². The highest BCUT2D eigenvalue weighted by molar-refractivity contribution is 5.70. The lowest BCUT2D eigenvalue weighted by Crippen LogP contribution is -2.30. The molecule has 0 fully saturated rings. The highest BCUT2D eigenvalue weighted by Gasteiger charge is 2.17. The summed E-state index contributed by atoms with van der Waals surface area (Å²) in [4.78, 5) is 25.3. The summed E-state index contributed by atoms with van der Waals surface area (Å²) < 4.78 is 17.4. The number of carbonyl (C=O) groups excluding carboxylic acids is 2. The zero-order valence-electron chi connectivity index (χ0n) is 39.6. The molecule has 0 aromatic heterocycles. The smallest absolute Gasteiger partial charge is 0.306 e. The summed E-state index contributed by atoms with van der Waals surface area (Å²) in [5.74, 6) is -0.387. The van der Waals surface area contributed by atoms with Gasteiger partial charge in [0.05, 0.1) is 6.61 Å². The second-order valence-electron chi connectivity index (χ2n) is 17.8. The number of ether oxygens (including phenoxy) is 3. The molecule has 0 heterocycles. The van der Waals surface area contributed by atoms with Gasteiger partial charge in [0.15, 0.2) is 6.10 Å². The lowest BCUT2D eigenvalue weighted by Gasteiger charge is -2.18. The molecular formula is C53H102O5. The fourth-order valence-electron chi connectivity index (χ4n) is 7.86. The summed E-state index contributed by atoms with van der Waals surface area (Å²) >= 11 is 0. The Hall–Kier alpha value is -1.36. The monoisotopic (exact) mass is 819 g/mol. The van der Waals surface area contributed by atoms with Crippen molar-refractivity contribution in [2.75, 3.05) is 19.8 Å². The van der Waals surface area contributed by atoms with Crippen LogP contribution < -0.4 is 0 Å². The van der Waals surface area contributed by atoms with Crippen LogP contribution in [0.5, 0.6) is 0 Å². The molecule has 0 aliphatic carbocycles. The van der Waals surface area contributed by atoms with Crippen molar-refractivity contribution >= 4 is 11.9 Å². The van der Waals surface area contributed by atoms with Gasteiger partial charge in [0, 0.05) is 19.4 Å². The molecule has 5 heteroatoms. The Balaban J connectivity index is 4.19. The van der Waals surface area contributed by atoms with E-state index in [0.29, 0.717) is 26.1 Å². The van der Waals surface area contributed by atoms with Gasteiger partial charge in [-0.3, -0.25) is 9.59 Å². The van der Waals surface area contributed by atoms with Crippen LogP contribution in [0.4, 0.5) is 0 Å². The van der Waals surface area contributed by atoms with E-state index >= 15 is 0 Å². The van der Waals surface area contributed by atoms with Gasteiger partial charge < -0.3 is 14.2 Å². The predicted molar refractivity (Wildman–Crippen MR) is 252 cm³/mol. The fourth-order valence-corrected chi connectivity index (χ4v) is 7.86. The van der Waals surface area contributed by atoms with E-state index in [1.807, 2.05) is 0 Å². The maximum atomic E-state index is 12.8. The molecule has 0 saturated carbocycles. The summed E-state index contributed by atoms with van der Waals surface area (Å²) in [5, 5.41) is 0. The average Bonchev–Trinajstić information content (AvgIpc) is 3.22. The molecule has 5 nitrogen and oxygen atoms in total. The lowest BCUT2D eigenvalue weighted by molar-refractivity contribution is -0.163. The summed E-state index contributed by atoms with van der Waals surface area (Å²) in [6, 6.07) is 0. The highest BCUT2D eigenvalue weighted by atomic mass is 16.6. The third kappa shape index (κ3) is 47.3. The van der Waals surface area contributed by atoms with Crippen LogP contribution in [-0.2, 0) is 23.8 Å². The number of unbranched alkanes of at least 4 members (excludes halogenated alkanes) is 36. The topological polar surface area (TPSA) is 61.8 Å². The van der Waals surface area contributed by atoms with Gasteiger partial charge in [-0.1, -0.05) is 245 Å². The number of rotatable bonds is 49. The Morgan fingerprint density at radius 2 is 0.672 bits per heavy atom. The highest BCUT2D eigenvalue weighted by Crippen LogP contribution is 2.16. The van der Waals surface area contributed by atoms with Gasteiger partial charge in [-0.15, -0.1) is 0 Å². The van der Waals surface area contributed by atoms with Gasteiger partial charge in [-0.2, -0.15) is 0 Å². The van der Waals surface area contributed by atoms with Crippen molar-refractivity contribution in [3.8, 4) is 0 Å². The normalized spacial score (nSPS) is 12.1. The minimum absolute atomic E-state index is 0.0901. The Bertz CT molecular complexity index is 840. The third-order valence-electron chi connectivity index (χ3n) is 11.8. The first-order valence-electron chi connectivity index (χ1n) is 26.2. The van der Waals surface area contributed by atoms with Crippen LogP contribution in [0.2, 0.25) is 0 Å². The molecule has 58 heavy (non-hydrogen) atoms. The van der Waals surface area contributed by atoms with Crippen LogP contribution >= 0.6 is 0 Å². The van der Waals surface area contributed by atoms with E-state index in [1.54, 1.807) is 0 Å². The zero-order chi connectivity index (χ0) is 42.1. The van der Waals surface area contributed by atoms with Crippen molar-refractivity contribution in [1.82, 2.24) is 0 Å². The lowest BCUT2D eigenvalue weighted by atomic mass is 10.0. The van der Waals surface area contributed by atoms with Gasteiger partial charge in [0.25, 0.3) is 0 Å². The van der Waals surface area contributed by atoms with Crippen LogP contribution in [0.3, 0.4) is 0 Å². The van der Waals surface area contributed by atoms with E-state index < -0.39 is 6.10 Å². The molecule has 0 N–H and O–H groups in total. The molecule has 0 aliphatic heterocycles. The number of esters is 2. The van der Waals surface area contributed by atoms with E-state index in [1.165, 1.54) is 218 Å². The van der Waals surface area contributed by atoms with Gasteiger partial charge in [0.1, 0.15) is 6.61 Å². The Morgan fingerprint density at radius 1 is 0.362 bits per heavy atom. The third-order valence-corrected chi connectivity index (χ3v) is 11.8. The van der Waals surface area contributed by atoms with Crippen molar-refractivity contribution < 1.29 is 23.8 Å². The molecule has 0 saturated heterocycles. The van der Waals surface area contributed by atoms with E-state index in [-0.39, 0.29) is 18.5 Å². The molecular weight excluding hydrogens is 717 g/mol. The Morgan fingerprint density at radius 3 is 1.05 bits per heavy atom. The molecule has 0 spiro atoms. The van der Waals surface area contributed by atoms with E-state index in [2.05, 4.69) is 32.9 Å². The van der Waals surface area contributed by atoms with Crippen LogP contribution in [0.25, 0.3) is 0 Å². The summed E-state index contributed by atoms with van der Waals surface area (Å²) in [6.07, 6.45) is 56.4. The molecule has 0 radical (unpaired) electrons. The van der Waals surface area contributed by atoms with Crippen molar-refractivity contribution in [3.05, 3.63) is 12.2 Å². The first kappa shape index (κ1) is 56.6. The minimum atomic E-state index is -0.528. The first-order valence-corrected chi connectivity index (χ1v) is 26.2. The van der Waals surface area contributed by atoms with E-state index in [4.69, 9.17) is 14.2 Å². The van der Waals surface area contributed by atoms with Crippen LogP contribution in [0.1, 0.15) is 290 Å². The van der Waals surface area contributed by atoms with Crippen molar-refractivity contribution in [2.24, 2.45) is 0 Å². The van der Waals surface area contributed by atoms with Gasteiger partial charge >= 0.3 is 11.9 Å². The van der Waals surface area contributed by atoms with Crippen molar-refractivity contribution in [1.29, 1.82) is 0 Å². The molecule has 0 aliphatic rings. The minimum Gasteiger partial charge on any atom is -0.462 e. The first-order chi connectivity index (χ1) is 28.6. The fraction of sp³-hybridized carbons (Fsp3) is 0.925.